The topological polar surface area (TPSA) is 49.5 Å². The molecule has 0 spiro atoms. The van der Waals surface area contributed by atoms with E-state index in [4.69, 9.17) is 5.73 Å². The Bertz CT molecular complexity index is 381. The molecule has 1 saturated carbocycles. The van der Waals surface area contributed by atoms with Crippen LogP contribution in [0.25, 0.3) is 0 Å². The zero-order valence-electron chi connectivity index (χ0n) is 11.3. The fraction of sp³-hybridized carbons (Fsp3) is 0.600. The summed E-state index contributed by atoms with van der Waals surface area (Å²) in [5, 5.41) is 10.7. The molecule has 1 aromatic carbocycles. The molecule has 3 heteroatoms. The summed E-state index contributed by atoms with van der Waals surface area (Å²) in [7, 11) is 2.06. The highest BCUT2D eigenvalue weighted by Gasteiger charge is 2.35. The van der Waals surface area contributed by atoms with Crippen LogP contribution >= 0.6 is 0 Å². The quantitative estimate of drug-likeness (QED) is 0.800. The minimum absolute atomic E-state index is 0.252. The average Bonchev–Trinajstić information content (AvgIpc) is 3.05. The largest absolute Gasteiger partial charge is 0.382 e. The summed E-state index contributed by atoms with van der Waals surface area (Å²) in [5.74, 6) is 1.64. The van der Waals surface area contributed by atoms with Gasteiger partial charge in [-0.2, -0.15) is 0 Å². The van der Waals surface area contributed by atoms with Gasteiger partial charge in [-0.05, 0) is 30.9 Å². The molecule has 2 rings (SSSR count). The number of hydrogen-bond donors (Lipinski definition) is 2. The number of hydrogen-bond acceptors (Lipinski definition) is 3. The van der Waals surface area contributed by atoms with Gasteiger partial charge in [0.1, 0.15) is 5.60 Å². The van der Waals surface area contributed by atoms with Crippen LogP contribution in [0, 0.1) is 11.8 Å². The molecule has 18 heavy (non-hydrogen) atoms. The first-order chi connectivity index (χ1) is 8.55. The first-order valence-corrected chi connectivity index (χ1v) is 6.71. The van der Waals surface area contributed by atoms with Gasteiger partial charge >= 0.3 is 0 Å². The van der Waals surface area contributed by atoms with E-state index in [0.717, 1.165) is 23.9 Å². The van der Waals surface area contributed by atoms with Crippen LogP contribution in [-0.4, -0.2) is 36.7 Å². The first kappa shape index (κ1) is 13.5. The maximum Gasteiger partial charge on any atom is 0.114 e. The summed E-state index contributed by atoms with van der Waals surface area (Å²) in [5.41, 5.74) is 5.75. The van der Waals surface area contributed by atoms with Crippen molar-refractivity contribution in [3.8, 4) is 0 Å². The lowest BCUT2D eigenvalue weighted by Gasteiger charge is -2.32. The number of likely N-dealkylation sites (N-methyl/N-ethyl adjacent to an activating group) is 1. The molecular weight excluding hydrogens is 224 g/mol. The van der Waals surface area contributed by atoms with E-state index in [1.54, 1.807) is 0 Å². The summed E-state index contributed by atoms with van der Waals surface area (Å²) in [6.45, 7) is 4.18. The van der Waals surface area contributed by atoms with Crippen LogP contribution in [-0.2, 0) is 5.60 Å². The third kappa shape index (κ3) is 3.10. The van der Waals surface area contributed by atoms with Crippen molar-refractivity contribution in [2.45, 2.75) is 18.9 Å². The molecule has 0 bridgehead atoms. The predicted octanol–water partition coefficient (Wildman–Crippen LogP) is 1.42. The summed E-state index contributed by atoms with van der Waals surface area (Å²) >= 11 is 0. The van der Waals surface area contributed by atoms with E-state index >= 15 is 0 Å². The number of benzene rings is 1. The Labute approximate surface area is 110 Å². The molecule has 3 N–H and O–H groups in total. The fourth-order valence-electron chi connectivity index (χ4n) is 2.59. The van der Waals surface area contributed by atoms with Crippen molar-refractivity contribution in [2.75, 3.05) is 26.7 Å². The molecule has 3 atom stereocenters. The second-order valence-electron chi connectivity index (χ2n) is 5.77. The zero-order valence-corrected chi connectivity index (χ0v) is 11.3. The molecule has 0 amide bonds. The maximum atomic E-state index is 10.7. The molecule has 1 aliphatic carbocycles. The van der Waals surface area contributed by atoms with Gasteiger partial charge in [-0.3, -0.25) is 0 Å². The lowest BCUT2D eigenvalue weighted by molar-refractivity contribution is 0.0126. The SMILES string of the molecule is CC1CC1CN(C)CC(O)(CN)c1ccccc1. The van der Waals surface area contributed by atoms with Crippen molar-refractivity contribution in [1.82, 2.24) is 4.90 Å². The fourth-order valence-corrected chi connectivity index (χ4v) is 2.59. The Hall–Kier alpha value is -0.900. The number of nitrogens with two attached hydrogens (primary N) is 1. The van der Waals surface area contributed by atoms with Crippen molar-refractivity contribution < 1.29 is 5.11 Å². The second-order valence-corrected chi connectivity index (χ2v) is 5.77. The summed E-state index contributed by atoms with van der Waals surface area (Å²) in [6, 6.07) is 9.73. The Kier molecular flexibility index (Phi) is 4.05. The van der Waals surface area contributed by atoms with E-state index in [2.05, 4.69) is 18.9 Å². The maximum absolute atomic E-state index is 10.7. The van der Waals surface area contributed by atoms with E-state index in [9.17, 15) is 5.11 Å². The third-order valence-electron chi connectivity index (χ3n) is 4.00. The molecule has 0 aliphatic heterocycles. The monoisotopic (exact) mass is 248 g/mol. The normalized spacial score (nSPS) is 26.1. The van der Waals surface area contributed by atoms with E-state index < -0.39 is 5.60 Å². The zero-order chi connectivity index (χ0) is 13.2. The Morgan fingerprint density at radius 1 is 1.39 bits per heavy atom. The molecular formula is C15H24N2O. The average molecular weight is 248 g/mol. The molecule has 0 aromatic heterocycles. The Morgan fingerprint density at radius 2 is 2.00 bits per heavy atom. The predicted molar refractivity (Wildman–Crippen MR) is 74.2 cm³/mol. The molecule has 1 fully saturated rings. The van der Waals surface area contributed by atoms with Gasteiger partial charge in [0.25, 0.3) is 0 Å². The third-order valence-corrected chi connectivity index (χ3v) is 4.00. The molecule has 3 unspecified atom stereocenters. The highest BCUT2D eigenvalue weighted by Crippen LogP contribution is 2.38. The Balaban J connectivity index is 1.99. The lowest BCUT2D eigenvalue weighted by atomic mass is 9.93. The van der Waals surface area contributed by atoms with Gasteiger partial charge in [-0.15, -0.1) is 0 Å². The summed E-state index contributed by atoms with van der Waals surface area (Å²) < 4.78 is 0. The second kappa shape index (κ2) is 5.39. The van der Waals surface area contributed by atoms with Gasteiger partial charge in [0.2, 0.25) is 0 Å². The van der Waals surface area contributed by atoms with Gasteiger partial charge in [0.05, 0.1) is 0 Å². The minimum atomic E-state index is -0.936. The first-order valence-electron chi connectivity index (χ1n) is 6.71. The minimum Gasteiger partial charge on any atom is -0.382 e. The number of aliphatic hydroxyl groups is 1. The smallest absolute Gasteiger partial charge is 0.114 e. The van der Waals surface area contributed by atoms with Crippen molar-refractivity contribution in [3.05, 3.63) is 35.9 Å². The number of nitrogens with zero attached hydrogens (tertiary/aromatic N) is 1. The van der Waals surface area contributed by atoms with E-state index in [1.807, 2.05) is 30.3 Å². The van der Waals surface area contributed by atoms with Gasteiger partial charge in [-0.1, -0.05) is 37.3 Å². The highest BCUT2D eigenvalue weighted by molar-refractivity contribution is 5.23. The summed E-state index contributed by atoms with van der Waals surface area (Å²) in [6.07, 6.45) is 1.32. The highest BCUT2D eigenvalue weighted by atomic mass is 16.3. The van der Waals surface area contributed by atoms with Crippen LogP contribution < -0.4 is 5.73 Å². The molecule has 0 heterocycles. The molecule has 0 radical (unpaired) electrons. The van der Waals surface area contributed by atoms with E-state index in [-0.39, 0.29) is 6.54 Å². The molecule has 3 nitrogen and oxygen atoms in total. The van der Waals surface area contributed by atoms with E-state index in [0.29, 0.717) is 6.54 Å². The number of rotatable bonds is 6. The van der Waals surface area contributed by atoms with Crippen LogP contribution in [0.2, 0.25) is 0 Å². The van der Waals surface area contributed by atoms with Crippen molar-refractivity contribution in [1.29, 1.82) is 0 Å². The van der Waals surface area contributed by atoms with Crippen molar-refractivity contribution in [3.63, 3.8) is 0 Å². The van der Waals surface area contributed by atoms with Gasteiger partial charge < -0.3 is 15.7 Å². The van der Waals surface area contributed by atoms with Crippen LogP contribution in [0.1, 0.15) is 18.9 Å². The standard InChI is InChI=1S/C15H24N2O/c1-12-8-13(12)9-17(2)11-15(18,10-16)14-6-4-3-5-7-14/h3-7,12-13,18H,8-11,16H2,1-2H3. The summed E-state index contributed by atoms with van der Waals surface area (Å²) in [4.78, 5) is 2.20. The van der Waals surface area contributed by atoms with Crippen molar-refractivity contribution in [2.24, 2.45) is 17.6 Å². The van der Waals surface area contributed by atoms with Gasteiger partial charge in [0.15, 0.2) is 0 Å². The molecule has 1 aromatic rings. The van der Waals surface area contributed by atoms with Crippen LogP contribution in [0.15, 0.2) is 30.3 Å². The van der Waals surface area contributed by atoms with E-state index in [1.165, 1.54) is 6.42 Å². The molecule has 0 saturated heterocycles. The van der Waals surface area contributed by atoms with Crippen LogP contribution in [0.3, 0.4) is 0 Å². The molecule has 100 valence electrons. The van der Waals surface area contributed by atoms with Gasteiger partial charge in [-0.25, -0.2) is 0 Å². The van der Waals surface area contributed by atoms with Crippen molar-refractivity contribution >= 4 is 0 Å². The van der Waals surface area contributed by atoms with Crippen LogP contribution in [0.4, 0.5) is 0 Å². The molecule has 1 aliphatic rings. The lowest BCUT2D eigenvalue weighted by Crippen LogP contribution is -2.45. The van der Waals surface area contributed by atoms with Gasteiger partial charge in [0, 0.05) is 19.6 Å². The Morgan fingerprint density at radius 3 is 2.50 bits per heavy atom. The van der Waals surface area contributed by atoms with Crippen LogP contribution in [0.5, 0.6) is 0 Å².